The van der Waals surface area contributed by atoms with Crippen LogP contribution in [0.2, 0.25) is 0 Å². The average Bonchev–Trinajstić information content (AvgIpc) is 2.03. The summed E-state index contributed by atoms with van der Waals surface area (Å²) in [6, 6.07) is 0. The quantitative estimate of drug-likeness (QED) is 0.473. The Morgan fingerprint density at radius 3 is 2.07 bits per heavy atom. The fourth-order valence-corrected chi connectivity index (χ4v) is 1.15. The van der Waals surface area contributed by atoms with Crippen LogP contribution in [-0.2, 0) is 4.74 Å². The van der Waals surface area contributed by atoms with E-state index in [0.29, 0.717) is 5.92 Å². The van der Waals surface area contributed by atoms with Crippen LogP contribution in [0.3, 0.4) is 0 Å². The number of ether oxygens (including phenoxy) is 1. The number of rotatable bonds is 5. The van der Waals surface area contributed by atoms with Crippen molar-refractivity contribution in [1.82, 2.24) is 0 Å². The van der Waals surface area contributed by atoms with Gasteiger partial charge in [-0.2, -0.15) is 0 Å². The molecule has 0 aromatic rings. The second-order valence-corrected chi connectivity index (χ2v) is 3.91. The predicted molar refractivity (Wildman–Crippen MR) is 63.1 cm³/mol. The molecule has 0 spiro atoms. The molecular formula is C13H22O. The third kappa shape index (κ3) is 5.63. The molecule has 80 valence electrons. The maximum absolute atomic E-state index is 5.42. The van der Waals surface area contributed by atoms with Gasteiger partial charge in [-0.15, -0.1) is 0 Å². The normalized spacial score (nSPS) is 12.9. The summed E-state index contributed by atoms with van der Waals surface area (Å²) in [5.41, 5.74) is 1.30. The monoisotopic (exact) mass is 194 g/mol. The molecule has 0 aromatic carbocycles. The lowest BCUT2D eigenvalue weighted by Crippen LogP contribution is -1.99. The fourth-order valence-electron chi connectivity index (χ4n) is 1.15. The molecule has 0 saturated heterocycles. The second-order valence-electron chi connectivity index (χ2n) is 3.91. The van der Waals surface area contributed by atoms with E-state index in [1.54, 1.807) is 0 Å². The lowest BCUT2D eigenvalue weighted by Gasteiger charge is -2.09. The molecule has 0 rings (SSSR count). The van der Waals surface area contributed by atoms with Gasteiger partial charge in [-0.05, 0) is 38.3 Å². The Labute approximate surface area is 88.2 Å². The van der Waals surface area contributed by atoms with Gasteiger partial charge >= 0.3 is 0 Å². The van der Waals surface area contributed by atoms with Crippen LogP contribution in [0.1, 0.15) is 34.6 Å². The van der Waals surface area contributed by atoms with Gasteiger partial charge in [-0.25, -0.2) is 0 Å². The van der Waals surface area contributed by atoms with Gasteiger partial charge in [0.2, 0.25) is 0 Å². The summed E-state index contributed by atoms with van der Waals surface area (Å²) in [5, 5.41) is 0. The van der Waals surface area contributed by atoms with Crippen LogP contribution in [0.4, 0.5) is 0 Å². The van der Waals surface area contributed by atoms with E-state index in [9.17, 15) is 0 Å². The first-order chi connectivity index (χ1) is 6.47. The van der Waals surface area contributed by atoms with Crippen molar-refractivity contribution in [3.8, 4) is 0 Å². The zero-order chi connectivity index (χ0) is 11.1. The second kappa shape index (κ2) is 6.47. The van der Waals surface area contributed by atoms with Crippen LogP contribution in [0.25, 0.3) is 0 Å². The van der Waals surface area contributed by atoms with E-state index in [-0.39, 0.29) is 6.10 Å². The fraction of sp³-hybridized carbons (Fsp3) is 0.538. The maximum atomic E-state index is 5.42. The van der Waals surface area contributed by atoms with E-state index in [0.717, 1.165) is 5.76 Å². The topological polar surface area (TPSA) is 9.23 Å². The highest BCUT2D eigenvalue weighted by Crippen LogP contribution is 2.12. The molecule has 0 aliphatic carbocycles. The van der Waals surface area contributed by atoms with Crippen LogP contribution in [0, 0.1) is 5.92 Å². The van der Waals surface area contributed by atoms with E-state index in [4.69, 9.17) is 4.74 Å². The van der Waals surface area contributed by atoms with Crippen molar-refractivity contribution < 1.29 is 4.74 Å². The highest BCUT2D eigenvalue weighted by molar-refractivity contribution is 5.24. The minimum absolute atomic E-state index is 0.195. The van der Waals surface area contributed by atoms with Gasteiger partial charge < -0.3 is 4.74 Å². The Morgan fingerprint density at radius 2 is 1.71 bits per heavy atom. The van der Waals surface area contributed by atoms with Gasteiger partial charge in [0, 0.05) is 0 Å². The van der Waals surface area contributed by atoms with Crippen LogP contribution in [-0.4, -0.2) is 6.10 Å². The molecule has 14 heavy (non-hydrogen) atoms. The minimum Gasteiger partial charge on any atom is -0.492 e. The molecular weight excluding hydrogens is 172 g/mol. The Hall–Kier alpha value is -0.980. The Balaban J connectivity index is 4.22. The molecule has 1 nitrogen and oxygen atoms in total. The summed E-state index contributed by atoms with van der Waals surface area (Å²) in [6.07, 6.45) is 6.30. The van der Waals surface area contributed by atoms with E-state index in [1.165, 1.54) is 5.57 Å². The Kier molecular flexibility index (Phi) is 6.02. The average molecular weight is 194 g/mol. The summed E-state index contributed by atoms with van der Waals surface area (Å²) in [6.45, 7) is 14.2. The van der Waals surface area contributed by atoms with Gasteiger partial charge in [0.1, 0.15) is 5.76 Å². The molecule has 0 unspecified atom stereocenters. The Morgan fingerprint density at radius 1 is 1.14 bits per heavy atom. The molecule has 0 atom stereocenters. The van der Waals surface area contributed by atoms with Crippen LogP contribution in [0.15, 0.2) is 36.1 Å². The van der Waals surface area contributed by atoms with Crippen molar-refractivity contribution in [2.75, 3.05) is 0 Å². The third-order valence-corrected chi connectivity index (χ3v) is 1.85. The molecule has 1 heteroatoms. The predicted octanol–water partition coefficient (Wildman–Crippen LogP) is 4.08. The molecule has 0 aliphatic rings. The van der Waals surface area contributed by atoms with Crippen molar-refractivity contribution >= 4 is 0 Å². The van der Waals surface area contributed by atoms with Crippen molar-refractivity contribution in [3.05, 3.63) is 36.1 Å². The molecule has 0 heterocycles. The summed E-state index contributed by atoms with van der Waals surface area (Å²) in [5.74, 6) is 1.27. The van der Waals surface area contributed by atoms with E-state index < -0.39 is 0 Å². The van der Waals surface area contributed by atoms with Gasteiger partial charge in [0.15, 0.2) is 0 Å². The van der Waals surface area contributed by atoms with Crippen molar-refractivity contribution in [3.63, 3.8) is 0 Å². The molecule has 0 aliphatic heterocycles. The zero-order valence-corrected chi connectivity index (χ0v) is 10.0. The smallest absolute Gasteiger partial charge is 0.112 e. The number of allylic oxidation sites excluding steroid dienone is 4. The van der Waals surface area contributed by atoms with E-state index in [2.05, 4.69) is 32.6 Å². The zero-order valence-electron chi connectivity index (χ0n) is 10.0. The van der Waals surface area contributed by atoms with Crippen molar-refractivity contribution in [2.24, 2.45) is 5.92 Å². The largest absolute Gasteiger partial charge is 0.492 e. The van der Waals surface area contributed by atoms with Crippen LogP contribution < -0.4 is 0 Å². The molecule has 0 fully saturated rings. The summed E-state index contributed by atoms with van der Waals surface area (Å²) < 4.78 is 5.42. The highest BCUT2D eigenvalue weighted by atomic mass is 16.5. The third-order valence-electron chi connectivity index (χ3n) is 1.85. The molecule has 0 bridgehead atoms. The lowest BCUT2D eigenvalue weighted by atomic mass is 10.0. The van der Waals surface area contributed by atoms with Crippen molar-refractivity contribution in [2.45, 2.75) is 40.7 Å². The molecule has 0 radical (unpaired) electrons. The van der Waals surface area contributed by atoms with Crippen molar-refractivity contribution in [1.29, 1.82) is 0 Å². The van der Waals surface area contributed by atoms with Crippen LogP contribution in [0.5, 0.6) is 0 Å². The van der Waals surface area contributed by atoms with Gasteiger partial charge in [-0.3, -0.25) is 0 Å². The number of hydrogen-bond acceptors (Lipinski definition) is 1. The minimum atomic E-state index is 0.195. The first-order valence-electron chi connectivity index (χ1n) is 5.17. The lowest BCUT2D eigenvalue weighted by molar-refractivity contribution is 0.159. The summed E-state index contributed by atoms with van der Waals surface area (Å²) in [7, 11) is 0. The molecule has 0 saturated carbocycles. The maximum Gasteiger partial charge on any atom is 0.112 e. The van der Waals surface area contributed by atoms with Crippen LogP contribution >= 0.6 is 0 Å². The van der Waals surface area contributed by atoms with E-state index >= 15 is 0 Å². The molecule has 0 aromatic heterocycles. The van der Waals surface area contributed by atoms with Gasteiger partial charge in [0.25, 0.3) is 0 Å². The first-order valence-corrected chi connectivity index (χ1v) is 5.17. The summed E-state index contributed by atoms with van der Waals surface area (Å²) in [4.78, 5) is 0. The number of hydrogen-bond donors (Lipinski definition) is 0. The standard InChI is InChI=1S/C13H22O/c1-7-13(10(2)3)9-8-12(6)14-11(4)5/h7-11H,6H2,1-5H3. The first kappa shape index (κ1) is 13.0. The van der Waals surface area contributed by atoms with Gasteiger partial charge in [-0.1, -0.05) is 32.6 Å². The highest BCUT2D eigenvalue weighted by Gasteiger charge is 1.98. The van der Waals surface area contributed by atoms with Gasteiger partial charge in [0.05, 0.1) is 6.10 Å². The molecule has 0 amide bonds. The Bertz CT molecular complexity index is 232. The molecule has 0 N–H and O–H groups in total. The van der Waals surface area contributed by atoms with E-state index in [1.807, 2.05) is 26.8 Å². The SMILES string of the molecule is C=C(C=CC(=CC)C(C)C)OC(C)C. The summed E-state index contributed by atoms with van der Waals surface area (Å²) >= 11 is 0.